The maximum atomic E-state index is 14.5. The van der Waals surface area contributed by atoms with Crippen molar-refractivity contribution in [2.24, 2.45) is 5.41 Å². The van der Waals surface area contributed by atoms with Gasteiger partial charge in [0.25, 0.3) is 0 Å². The molecule has 2 aliphatic heterocycles. The minimum absolute atomic E-state index is 0.0799. The third-order valence-corrected chi connectivity index (χ3v) is 6.70. The molecule has 0 saturated carbocycles. The van der Waals surface area contributed by atoms with E-state index in [4.69, 9.17) is 0 Å². The fourth-order valence-corrected chi connectivity index (χ4v) is 5.05. The van der Waals surface area contributed by atoms with Gasteiger partial charge in [-0.1, -0.05) is 22.9 Å². The molecule has 162 valence electrons. The van der Waals surface area contributed by atoms with E-state index in [1.807, 2.05) is 13.0 Å². The van der Waals surface area contributed by atoms with Gasteiger partial charge in [-0.2, -0.15) is 0 Å². The first-order chi connectivity index (χ1) is 14.5. The van der Waals surface area contributed by atoms with Gasteiger partial charge < -0.3 is 10.2 Å². The molecule has 1 amide bonds. The second-order valence-corrected chi connectivity index (χ2v) is 8.78. The lowest BCUT2D eigenvalue weighted by Gasteiger charge is -2.53. The number of piperidine rings is 2. The Hall–Kier alpha value is -2.32. The summed E-state index contributed by atoms with van der Waals surface area (Å²) in [7, 11) is 2.10. The van der Waals surface area contributed by atoms with E-state index in [0.717, 1.165) is 44.5 Å². The van der Waals surface area contributed by atoms with Crippen molar-refractivity contribution < 1.29 is 9.18 Å². The molecule has 2 fully saturated rings. The van der Waals surface area contributed by atoms with Crippen molar-refractivity contribution >= 4 is 5.91 Å². The van der Waals surface area contributed by atoms with E-state index >= 15 is 0 Å². The van der Waals surface area contributed by atoms with Crippen LogP contribution in [0.3, 0.4) is 0 Å². The van der Waals surface area contributed by atoms with Crippen molar-refractivity contribution in [2.45, 2.75) is 45.3 Å². The predicted octanol–water partition coefficient (Wildman–Crippen LogP) is 1.83. The number of aryl methyl sites for hydroxylation is 1. The molecule has 2 aliphatic rings. The Kier molecular flexibility index (Phi) is 6.15. The van der Waals surface area contributed by atoms with Crippen molar-refractivity contribution in [1.29, 1.82) is 0 Å². The van der Waals surface area contributed by atoms with E-state index in [-0.39, 0.29) is 17.8 Å². The smallest absolute Gasteiger partial charge is 0.227 e. The van der Waals surface area contributed by atoms with Gasteiger partial charge in [0, 0.05) is 37.4 Å². The lowest BCUT2D eigenvalue weighted by atomic mass is 9.67. The first-order valence-electron chi connectivity index (χ1n) is 10.8. The van der Waals surface area contributed by atoms with Gasteiger partial charge in [-0.05, 0) is 52.4 Å². The number of carbonyl (C=O) groups excluding carboxylic acids is 1. The SMILES string of the molecule is Cc1ccc(F)c(CN2CCC[C@@]3(C(=O)NCCn4ccnn4)CCN(C)C[C@H]23)c1. The van der Waals surface area contributed by atoms with Crippen molar-refractivity contribution in [1.82, 2.24) is 30.1 Å². The summed E-state index contributed by atoms with van der Waals surface area (Å²) in [4.78, 5) is 18.0. The second-order valence-electron chi connectivity index (χ2n) is 8.78. The molecule has 0 unspecified atom stereocenters. The summed E-state index contributed by atoms with van der Waals surface area (Å²) in [6.45, 7) is 6.27. The molecular formula is C22H31FN6O. The third kappa shape index (κ3) is 4.25. The van der Waals surface area contributed by atoms with E-state index in [1.165, 1.54) is 0 Å². The van der Waals surface area contributed by atoms with Crippen LogP contribution >= 0.6 is 0 Å². The zero-order valence-corrected chi connectivity index (χ0v) is 17.9. The largest absolute Gasteiger partial charge is 0.354 e. The highest BCUT2D eigenvalue weighted by Gasteiger charge is 2.52. The van der Waals surface area contributed by atoms with Gasteiger partial charge in [0.2, 0.25) is 5.91 Å². The molecule has 0 spiro atoms. The summed E-state index contributed by atoms with van der Waals surface area (Å²) in [5.74, 6) is -0.0478. The zero-order chi connectivity index (χ0) is 21.1. The molecule has 8 heteroatoms. The quantitative estimate of drug-likeness (QED) is 0.781. The molecule has 2 aromatic rings. The van der Waals surface area contributed by atoms with Crippen molar-refractivity contribution in [2.75, 3.05) is 33.2 Å². The number of hydrogen-bond acceptors (Lipinski definition) is 5. The Bertz CT molecular complexity index is 873. The topological polar surface area (TPSA) is 66.3 Å². The number of likely N-dealkylation sites (N-methyl/N-ethyl adjacent to an activating group) is 1. The van der Waals surface area contributed by atoms with E-state index in [9.17, 15) is 9.18 Å². The molecular weight excluding hydrogens is 383 g/mol. The zero-order valence-electron chi connectivity index (χ0n) is 17.9. The molecule has 0 radical (unpaired) electrons. The summed E-state index contributed by atoms with van der Waals surface area (Å²) in [5.41, 5.74) is 1.35. The molecule has 1 N–H and O–H groups in total. The van der Waals surface area contributed by atoms with Gasteiger partial charge in [0.1, 0.15) is 5.82 Å². The number of benzene rings is 1. The van der Waals surface area contributed by atoms with E-state index in [0.29, 0.717) is 25.2 Å². The fourth-order valence-electron chi connectivity index (χ4n) is 5.05. The molecule has 2 atom stereocenters. The van der Waals surface area contributed by atoms with Crippen molar-refractivity contribution in [3.05, 3.63) is 47.5 Å². The summed E-state index contributed by atoms with van der Waals surface area (Å²) in [5, 5.41) is 10.9. The third-order valence-electron chi connectivity index (χ3n) is 6.70. The molecule has 4 rings (SSSR count). The van der Waals surface area contributed by atoms with Gasteiger partial charge in [-0.3, -0.25) is 14.4 Å². The number of carbonyl (C=O) groups is 1. The molecule has 30 heavy (non-hydrogen) atoms. The first kappa shape index (κ1) is 20.9. The molecule has 0 bridgehead atoms. The van der Waals surface area contributed by atoms with Crippen LogP contribution in [0.2, 0.25) is 0 Å². The van der Waals surface area contributed by atoms with Gasteiger partial charge in [-0.25, -0.2) is 4.39 Å². The van der Waals surface area contributed by atoms with Gasteiger partial charge in [0.05, 0.1) is 18.2 Å². The average molecular weight is 415 g/mol. The molecule has 1 aromatic carbocycles. The standard InChI is InChI=1S/C22H31FN6O/c1-17-4-5-19(23)18(14-17)15-28-10-3-6-22(7-11-27(2)16-20(22)28)21(30)24-8-12-29-13-9-25-26-29/h4-5,9,13-14,20H,3,6-8,10-12,15-16H2,1-2H3,(H,24,30)/t20-,22+/m0/s1. The van der Waals surface area contributed by atoms with Gasteiger partial charge in [0.15, 0.2) is 0 Å². The van der Waals surface area contributed by atoms with Crippen molar-refractivity contribution in [3.8, 4) is 0 Å². The first-order valence-corrected chi connectivity index (χ1v) is 10.8. The number of amides is 1. The van der Waals surface area contributed by atoms with Crippen LogP contribution in [0.4, 0.5) is 4.39 Å². The number of fused-ring (bicyclic) bond motifs is 1. The Balaban J connectivity index is 1.51. The Labute approximate surface area is 177 Å². The van der Waals surface area contributed by atoms with Crippen LogP contribution in [-0.4, -0.2) is 70.0 Å². The Morgan fingerprint density at radius 3 is 3.00 bits per heavy atom. The molecule has 0 aliphatic carbocycles. The second kappa shape index (κ2) is 8.81. The van der Waals surface area contributed by atoms with Crippen LogP contribution in [0.5, 0.6) is 0 Å². The highest BCUT2D eigenvalue weighted by atomic mass is 19.1. The van der Waals surface area contributed by atoms with Crippen LogP contribution in [0, 0.1) is 18.2 Å². The summed E-state index contributed by atoms with van der Waals surface area (Å²) >= 11 is 0. The number of aromatic nitrogens is 3. The van der Waals surface area contributed by atoms with Crippen LogP contribution in [0.15, 0.2) is 30.6 Å². The normalized spacial score (nSPS) is 25.1. The lowest BCUT2D eigenvalue weighted by Crippen LogP contribution is -2.65. The van der Waals surface area contributed by atoms with Crippen LogP contribution in [-0.2, 0) is 17.9 Å². The lowest BCUT2D eigenvalue weighted by molar-refractivity contribution is -0.145. The Morgan fingerprint density at radius 1 is 1.33 bits per heavy atom. The minimum atomic E-state index is -0.423. The summed E-state index contributed by atoms with van der Waals surface area (Å²) < 4.78 is 16.2. The number of likely N-dealkylation sites (tertiary alicyclic amines) is 2. The minimum Gasteiger partial charge on any atom is -0.354 e. The number of halogens is 1. The van der Waals surface area contributed by atoms with Crippen LogP contribution in [0.1, 0.15) is 30.4 Å². The van der Waals surface area contributed by atoms with Crippen LogP contribution in [0.25, 0.3) is 0 Å². The molecule has 3 heterocycles. The van der Waals surface area contributed by atoms with Crippen LogP contribution < -0.4 is 5.32 Å². The number of nitrogens with zero attached hydrogens (tertiary/aromatic N) is 5. The molecule has 7 nitrogen and oxygen atoms in total. The van der Waals surface area contributed by atoms with Crippen molar-refractivity contribution in [3.63, 3.8) is 0 Å². The molecule has 1 aromatic heterocycles. The molecule has 2 saturated heterocycles. The number of rotatable bonds is 6. The Morgan fingerprint density at radius 2 is 2.20 bits per heavy atom. The van der Waals surface area contributed by atoms with E-state index < -0.39 is 5.41 Å². The fraction of sp³-hybridized carbons (Fsp3) is 0.591. The van der Waals surface area contributed by atoms with E-state index in [1.54, 1.807) is 29.2 Å². The maximum absolute atomic E-state index is 14.5. The highest BCUT2D eigenvalue weighted by molar-refractivity contribution is 5.83. The summed E-state index contributed by atoms with van der Waals surface area (Å²) in [6, 6.07) is 5.36. The monoisotopic (exact) mass is 414 g/mol. The van der Waals surface area contributed by atoms with E-state index in [2.05, 4.69) is 32.5 Å². The number of nitrogens with one attached hydrogen (secondary N) is 1. The van der Waals surface area contributed by atoms with Gasteiger partial charge >= 0.3 is 0 Å². The predicted molar refractivity (Wildman–Crippen MR) is 112 cm³/mol. The summed E-state index contributed by atoms with van der Waals surface area (Å²) in [6.07, 6.45) is 6.09. The highest BCUT2D eigenvalue weighted by Crippen LogP contribution is 2.43. The maximum Gasteiger partial charge on any atom is 0.227 e. The average Bonchev–Trinajstić information content (AvgIpc) is 3.24. The number of hydrogen-bond donors (Lipinski definition) is 1. The van der Waals surface area contributed by atoms with Gasteiger partial charge in [-0.15, -0.1) is 5.10 Å².